The van der Waals surface area contributed by atoms with Crippen LogP contribution < -0.4 is 0 Å². The molecule has 2 aliphatic heterocycles. The third kappa shape index (κ3) is 2.22. The Hall–Kier alpha value is -2.89. The van der Waals surface area contributed by atoms with Gasteiger partial charge in [-0.25, -0.2) is 0 Å². The van der Waals surface area contributed by atoms with Gasteiger partial charge in [-0.15, -0.1) is 6.42 Å². The number of terminal acetylenes is 1. The number of hydrogen-bond acceptors (Lipinski definition) is 2. The van der Waals surface area contributed by atoms with E-state index in [2.05, 4.69) is 35.1 Å². The highest BCUT2D eigenvalue weighted by Crippen LogP contribution is 2.45. The Labute approximate surface area is 142 Å². The number of ketones is 1. The maximum absolute atomic E-state index is 12.7. The van der Waals surface area contributed by atoms with Gasteiger partial charge < -0.3 is 0 Å². The molecule has 0 N–H and O–H groups in total. The van der Waals surface area contributed by atoms with Crippen LogP contribution in [0.5, 0.6) is 0 Å². The van der Waals surface area contributed by atoms with Gasteiger partial charge in [0.1, 0.15) is 6.04 Å². The Kier molecular flexibility index (Phi) is 3.65. The molecule has 2 aromatic carbocycles. The zero-order valence-corrected chi connectivity index (χ0v) is 13.2. The van der Waals surface area contributed by atoms with Crippen molar-refractivity contribution >= 4 is 16.9 Å². The van der Waals surface area contributed by atoms with E-state index >= 15 is 0 Å². The second-order valence-electron chi connectivity index (χ2n) is 6.04. The average Bonchev–Trinajstić information content (AvgIpc) is 2.86. The molecule has 0 aliphatic carbocycles. The van der Waals surface area contributed by atoms with Gasteiger partial charge in [-0.1, -0.05) is 72.7 Å². The van der Waals surface area contributed by atoms with Gasteiger partial charge >= 0.3 is 0 Å². The van der Waals surface area contributed by atoms with E-state index in [9.17, 15) is 4.79 Å². The number of carbonyl (C=O) groups is 1. The fourth-order valence-corrected chi connectivity index (χ4v) is 3.76. The first-order chi connectivity index (χ1) is 11.8. The van der Waals surface area contributed by atoms with Gasteiger partial charge in [-0.3, -0.25) is 9.69 Å². The Morgan fingerprint density at radius 3 is 2.08 bits per heavy atom. The standard InChI is InChI=1S/C22H17NO/c1-2-15-23-18-13-14-19(24)22(23)21(17-11-7-4-8-12-17)20(18)16-9-5-3-6-10-16/h1,3-14,18,22H,15H2. The van der Waals surface area contributed by atoms with Crippen molar-refractivity contribution < 1.29 is 4.79 Å². The molecule has 116 valence electrons. The number of fused-ring (bicyclic) bond motifs is 2. The van der Waals surface area contributed by atoms with Crippen LogP contribution in [0, 0.1) is 12.3 Å². The van der Waals surface area contributed by atoms with Gasteiger partial charge in [0.15, 0.2) is 5.78 Å². The van der Waals surface area contributed by atoms with Crippen molar-refractivity contribution in [2.45, 2.75) is 12.1 Å². The summed E-state index contributed by atoms with van der Waals surface area (Å²) >= 11 is 0. The van der Waals surface area contributed by atoms with Crippen molar-refractivity contribution in [1.82, 2.24) is 4.90 Å². The van der Waals surface area contributed by atoms with Gasteiger partial charge in [-0.05, 0) is 28.3 Å². The van der Waals surface area contributed by atoms with Gasteiger partial charge in [0, 0.05) is 0 Å². The zero-order valence-electron chi connectivity index (χ0n) is 13.2. The maximum Gasteiger partial charge on any atom is 0.177 e. The summed E-state index contributed by atoms with van der Waals surface area (Å²) in [6.45, 7) is 0.456. The monoisotopic (exact) mass is 311 g/mol. The summed E-state index contributed by atoms with van der Waals surface area (Å²) < 4.78 is 0. The predicted octanol–water partition coefficient (Wildman–Crippen LogP) is 3.42. The highest BCUT2D eigenvalue weighted by atomic mass is 16.1. The number of benzene rings is 2. The van der Waals surface area contributed by atoms with Crippen LogP contribution in [-0.4, -0.2) is 29.3 Å². The summed E-state index contributed by atoms with van der Waals surface area (Å²) in [6, 6.07) is 20.2. The molecule has 24 heavy (non-hydrogen) atoms. The molecule has 0 spiro atoms. The van der Waals surface area contributed by atoms with Crippen molar-refractivity contribution in [2.24, 2.45) is 0 Å². The van der Waals surface area contributed by atoms with E-state index in [-0.39, 0.29) is 17.9 Å². The quantitative estimate of drug-likeness (QED) is 0.810. The third-order valence-corrected chi connectivity index (χ3v) is 4.70. The Balaban J connectivity index is 1.97. The second kappa shape index (κ2) is 5.96. The van der Waals surface area contributed by atoms with E-state index in [0.29, 0.717) is 6.54 Å². The Morgan fingerprint density at radius 1 is 0.917 bits per heavy atom. The minimum Gasteiger partial charge on any atom is -0.293 e. The first-order valence-corrected chi connectivity index (χ1v) is 8.07. The largest absolute Gasteiger partial charge is 0.293 e. The fraction of sp³-hybridized carbons (Fsp3) is 0.136. The lowest BCUT2D eigenvalue weighted by atomic mass is 9.91. The van der Waals surface area contributed by atoms with E-state index in [1.807, 2.05) is 42.5 Å². The van der Waals surface area contributed by atoms with Gasteiger partial charge in [-0.2, -0.15) is 0 Å². The van der Waals surface area contributed by atoms with Gasteiger partial charge in [0.05, 0.1) is 12.6 Å². The molecule has 2 bridgehead atoms. The summed E-state index contributed by atoms with van der Waals surface area (Å²) in [7, 11) is 0. The van der Waals surface area contributed by atoms with Crippen molar-refractivity contribution in [3.63, 3.8) is 0 Å². The van der Waals surface area contributed by atoms with Crippen LogP contribution in [-0.2, 0) is 4.79 Å². The number of hydrogen-bond donors (Lipinski definition) is 0. The lowest BCUT2D eigenvalue weighted by Gasteiger charge is -2.30. The molecule has 2 heteroatoms. The van der Waals surface area contributed by atoms with E-state index in [0.717, 1.165) is 16.7 Å². The first-order valence-electron chi connectivity index (χ1n) is 8.07. The average molecular weight is 311 g/mol. The molecule has 0 amide bonds. The van der Waals surface area contributed by atoms with Crippen molar-refractivity contribution in [3.05, 3.63) is 83.9 Å². The number of nitrogens with zero attached hydrogens (tertiary/aromatic N) is 1. The summed E-state index contributed by atoms with van der Waals surface area (Å²) in [4.78, 5) is 14.8. The first kappa shape index (κ1) is 14.7. The van der Waals surface area contributed by atoms with Crippen LogP contribution in [0.3, 0.4) is 0 Å². The molecule has 2 unspecified atom stereocenters. The molecule has 2 atom stereocenters. The molecular weight excluding hydrogens is 294 g/mol. The summed E-state index contributed by atoms with van der Waals surface area (Å²) in [5, 5.41) is 0. The van der Waals surface area contributed by atoms with Crippen LogP contribution in [0.15, 0.2) is 72.8 Å². The second-order valence-corrected chi connectivity index (χ2v) is 6.04. The smallest absolute Gasteiger partial charge is 0.177 e. The Bertz CT molecular complexity index is 830. The molecule has 2 aliphatic rings. The number of carbonyl (C=O) groups excluding carboxylic acids is 1. The lowest BCUT2D eigenvalue weighted by Crippen LogP contribution is -2.44. The SMILES string of the molecule is C#CCN1C2C=CC(=O)C1C(c1ccccc1)=C2c1ccccc1. The van der Waals surface area contributed by atoms with E-state index in [1.165, 1.54) is 5.57 Å². The van der Waals surface area contributed by atoms with E-state index in [1.54, 1.807) is 6.08 Å². The van der Waals surface area contributed by atoms with Crippen LogP contribution in [0.25, 0.3) is 11.1 Å². The normalized spacial score (nSPS) is 22.7. The summed E-state index contributed by atoms with van der Waals surface area (Å²) in [5.74, 6) is 2.82. The minimum atomic E-state index is -0.298. The zero-order chi connectivity index (χ0) is 16.5. The molecule has 0 saturated heterocycles. The number of rotatable bonds is 3. The molecular formula is C22H17NO. The van der Waals surface area contributed by atoms with Gasteiger partial charge in [0.2, 0.25) is 0 Å². The maximum atomic E-state index is 12.7. The molecule has 2 heterocycles. The molecule has 0 radical (unpaired) electrons. The molecule has 0 fully saturated rings. The molecule has 2 aromatic rings. The third-order valence-electron chi connectivity index (χ3n) is 4.70. The Morgan fingerprint density at radius 2 is 1.50 bits per heavy atom. The van der Waals surface area contributed by atoms with Crippen LogP contribution in [0.1, 0.15) is 11.1 Å². The van der Waals surface area contributed by atoms with Crippen molar-refractivity contribution in [3.8, 4) is 12.3 Å². The molecule has 4 rings (SSSR count). The topological polar surface area (TPSA) is 20.3 Å². The van der Waals surface area contributed by atoms with Crippen molar-refractivity contribution in [1.29, 1.82) is 0 Å². The van der Waals surface area contributed by atoms with Crippen molar-refractivity contribution in [2.75, 3.05) is 6.54 Å². The van der Waals surface area contributed by atoms with Gasteiger partial charge in [0.25, 0.3) is 0 Å². The summed E-state index contributed by atoms with van der Waals surface area (Å²) in [5.41, 5.74) is 4.49. The van der Waals surface area contributed by atoms with Crippen LogP contribution in [0.4, 0.5) is 0 Å². The fourth-order valence-electron chi connectivity index (χ4n) is 3.76. The highest BCUT2D eigenvalue weighted by Gasteiger charge is 2.45. The van der Waals surface area contributed by atoms with E-state index < -0.39 is 0 Å². The molecule has 2 nitrogen and oxygen atoms in total. The van der Waals surface area contributed by atoms with E-state index in [4.69, 9.17) is 6.42 Å². The lowest BCUT2D eigenvalue weighted by molar-refractivity contribution is -0.118. The minimum absolute atomic E-state index is 0.0429. The highest BCUT2D eigenvalue weighted by molar-refractivity contribution is 6.14. The predicted molar refractivity (Wildman–Crippen MR) is 97.0 cm³/mol. The summed E-state index contributed by atoms with van der Waals surface area (Å²) in [6.07, 6.45) is 9.27. The molecule has 0 saturated carbocycles. The van der Waals surface area contributed by atoms with Crippen LogP contribution in [0.2, 0.25) is 0 Å². The molecule has 0 aromatic heterocycles. The van der Waals surface area contributed by atoms with Crippen LogP contribution >= 0.6 is 0 Å².